The van der Waals surface area contributed by atoms with Crippen molar-refractivity contribution >= 4 is 27.4 Å². The summed E-state index contributed by atoms with van der Waals surface area (Å²) in [4.78, 5) is 14.1. The van der Waals surface area contributed by atoms with E-state index < -0.39 is 12.6 Å². The average molecular weight is 452 g/mol. The molecule has 2 fully saturated rings. The number of rotatable bonds is 5. The van der Waals surface area contributed by atoms with Crippen LogP contribution in [0, 0.1) is 5.41 Å². The molecule has 1 atom stereocenters. The van der Waals surface area contributed by atoms with E-state index in [1.54, 1.807) is 10.7 Å². The van der Waals surface area contributed by atoms with Gasteiger partial charge in [-0.3, -0.25) is 9.58 Å². The van der Waals surface area contributed by atoms with Crippen molar-refractivity contribution in [1.29, 1.82) is 0 Å². The van der Waals surface area contributed by atoms with Crippen molar-refractivity contribution in [2.75, 3.05) is 37.6 Å². The van der Waals surface area contributed by atoms with Crippen LogP contribution in [-0.4, -0.2) is 63.5 Å². The first kappa shape index (κ1) is 20.7. The van der Waals surface area contributed by atoms with Crippen molar-refractivity contribution in [3.8, 4) is 0 Å². The molecule has 0 bridgehead atoms. The van der Waals surface area contributed by atoms with E-state index in [1.807, 2.05) is 19.4 Å². The number of fused-ring (bicyclic) bond motifs is 1. The molecule has 0 amide bonds. The normalized spacial score (nSPS) is 20.0. The first-order valence-corrected chi connectivity index (χ1v) is 11.0. The minimum Gasteiger partial charge on any atom is -0.355 e. The van der Waals surface area contributed by atoms with Gasteiger partial charge in [0.05, 0.1) is 24.0 Å². The monoisotopic (exact) mass is 451 g/mol. The number of hydrogen-bond donors (Lipinski definition) is 1. The van der Waals surface area contributed by atoms with Crippen molar-refractivity contribution in [1.82, 2.24) is 24.6 Å². The zero-order chi connectivity index (χ0) is 21.8. The van der Waals surface area contributed by atoms with Crippen LogP contribution in [-0.2, 0) is 13.5 Å². The minimum absolute atomic E-state index is 0.154. The Kier molecular flexibility index (Phi) is 4.94. The molecule has 5 heterocycles. The van der Waals surface area contributed by atoms with Gasteiger partial charge in [0.1, 0.15) is 17.0 Å². The van der Waals surface area contributed by atoms with E-state index in [2.05, 4.69) is 24.9 Å². The maximum absolute atomic E-state index is 12.8. The minimum atomic E-state index is -4.23. The molecular formula is C20H24F3N7S. The first-order chi connectivity index (χ1) is 14.8. The molecular weight excluding hydrogens is 427 g/mol. The van der Waals surface area contributed by atoms with Gasteiger partial charge in [0, 0.05) is 61.8 Å². The third kappa shape index (κ3) is 3.90. The Labute approximate surface area is 181 Å². The van der Waals surface area contributed by atoms with Gasteiger partial charge < -0.3 is 10.6 Å². The van der Waals surface area contributed by atoms with Crippen molar-refractivity contribution in [3.63, 3.8) is 0 Å². The molecule has 166 valence electrons. The van der Waals surface area contributed by atoms with E-state index in [-0.39, 0.29) is 16.3 Å². The summed E-state index contributed by atoms with van der Waals surface area (Å²) in [6.45, 7) is 4.10. The highest BCUT2D eigenvalue weighted by Gasteiger charge is 2.50. The van der Waals surface area contributed by atoms with E-state index in [0.717, 1.165) is 60.7 Å². The number of halogens is 3. The van der Waals surface area contributed by atoms with Crippen LogP contribution >= 0.6 is 11.3 Å². The van der Waals surface area contributed by atoms with Crippen molar-refractivity contribution in [3.05, 3.63) is 35.2 Å². The van der Waals surface area contributed by atoms with Gasteiger partial charge in [0.25, 0.3) is 0 Å². The van der Waals surface area contributed by atoms with Crippen LogP contribution in [0.5, 0.6) is 0 Å². The molecule has 0 aliphatic carbocycles. The fourth-order valence-corrected chi connectivity index (χ4v) is 5.97. The van der Waals surface area contributed by atoms with Gasteiger partial charge in [0.15, 0.2) is 0 Å². The van der Waals surface area contributed by atoms with Gasteiger partial charge in [-0.05, 0) is 12.5 Å². The van der Waals surface area contributed by atoms with Crippen LogP contribution < -0.4 is 10.6 Å². The zero-order valence-corrected chi connectivity index (χ0v) is 18.0. The summed E-state index contributed by atoms with van der Waals surface area (Å²) in [7, 11) is 1.90. The summed E-state index contributed by atoms with van der Waals surface area (Å²) in [5, 5.41) is 4.98. The molecule has 1 unspecified atom stereocenters. The predicted octanol–water partition coefficient (Wildman–Crippen LogP) is 2.74. The Bertz CT molecular complexity index is 1090. The standard InChI is InChI=1S/C20H24F3N7S/c1-28-8-13(7-27-28)16(6-24)30-10-19(11-30)2-3-29(9-19)17-15-4-14(5-20(21,22)23)31-18(15)26-12-25-17/h4,7-8,12,16H,2-3,5-6,9-11,24H2,1H3. The van der Waals surface area contributed by atoms with Crippen LogP contribution in [0.15, 0.2) is 24.8 Å². The summed E-state index contributed by atoms with van der Waals surface area (Å²) < 4.78 is 40.3. The lowest BCUT2D eigenvalue weighted by molar-refractivity contribution is -0.126. The average Bonchev–Trinajstić information content (AvgIpc) is 3.38. The highest BCUT2D eigenvalue weighted by molar-refractivity contribution is 7.18. The maximum atomic E-state index is 12.8. The number of nitrogens with two attached hydrogens (primary N) is 1. The lowest BCUT2D eigenvalue weighted by Crippen LogP contribution is -2.59. The lowest BCUT2D eigenvalue weighted by Gasteiger charge is -2.51. The van der Waals surface area contributed by atoms with Crippen molar-refractivity contribution in [2.45, 2.75) is 25.1 Å². The predicted molar refractivity (Wildman–Crippen MR) is 113 cm³/mol. The topological polar surface area (TPSA) is 76.1 Å². The summed E-state index contributed by atoms with van der Waals surface area (Å²) in [6, 6.07) is 1.76. The van der Waals surface area contributed by atoms with E-state index in [1.165, 1.54) is 6.33 Å². The SMILES string of the molecule is Cn1cc(C(CN)N2CC3(CCN(c4ncnc5sc(CC(F)(F)F)cc45)C3)C2)cn1. The second kappa shape index (κ2) is 7.42. The highest BCUT2D eigenvalue weighted by atomic mass is 32.1. The lowest BCUT2D eigenvalue weighted by atomic mass is 9.77. The number of anilines is 1. The second-order valence-corrected chi connectivity index (χ2v) is 9.81. The van der Waals surface area contributed by atoms with Crippen LogP contribution in [0.1, 0.15) is 22.9 Å². The van der Waals surface area contributed by atoms with Gasteiger partial charge in [-0.25, -0.2) is 9.97 Å². The van der Waals surface area contributed by atoms with Gasteiger partial charge in [-0.1, -0.05) is 0 Å². The molecule has 2 aliphatic heterocycles. The molecule has 11 heteroatoms. The van der Waals surface area contributed by atoms with Crippen LogP contribution in [0.4, 0.5) is 19.0 Å². The Hall–Kier alpha value is -2.24. The number of likely N-dealkylation sites (tertiary alicyclic amines) is 1. The molecule has 2 aliphatic rings. The summed E-state index contributed by atoms with van der Waals surface area (Å²) >= 11 is 1.10. The third-order valence-corrected chi connectivity index (χ3v) is 7.37. The molecule has 0 aromatic carbocycles. The van der Waals surface area contributed by atoms with E-state index >= 15 is 0 Å². The first-order valence-electron chi connectivity index (χ1n) is 10.2. The molecule has 2 saturated heterocycles. The van der Waals surface area contributed by atoms with Gasteiger partial charge in [-0.15, -0.1) is 11.3 Å². The number of aromatic nitrogens is 4. The Morgan fingerprint density at radius 1 is 1.26 bits per heavy atom. The van der Waals surface area contributed by atoms with Gasteiger partial charge in [0.2, 0.25) is 0 Å². The summed E-state index contributed by atoms with van der Waals surface area (Å²) in [5.41, 5.74) is 7.35. The van der Waals surface area contributed by atoms with Crippen LogP contribution in [0.2, 0.25) is 0 Å². The van der Waals surface area contributed by atoms with E-state index in [9.17, 15) is 13.2 Å². The molecule has 1 spiro atoms. The van der Waals surface area contributed by atoms with Crippen LogP contribution in [0.3, 0.4) is 0 Å². The number of thiophene rings is 1. The maximum Gasteiger partial charge on any atom is 0.393 e. The Morgan fingerprint density at radius 2 is 2.06 bits per heavy atom. The van der Waals surface area contributed by atoms with Crippen molar-refractivity contribution in [2.24, 2.45) is 18.2 Å². The fourth-order valence-electron chi connectivity index (χ4n) is 4.95. The van der Waals surface area contributed by atoms with Crippen molar-refractivity contribution < 1.29 is 13.2 Å². The molecule has 0 radical (unpaired) electrons. The Morgan fingerprint density at radius 3 is 2.74 bits per heavy atom. The number of aryl methyl sites for hydroxylation is 1. The molecule has 2 N–H and O–H groups in total. The molecule has 7 nitrogen and oxygen atoms in total. The molecule has 5 rings (SSSR count). The quantitative estimate of drug-likeness (QED) is 0.643. The molecule has 0 saturated carbocycles. The van der Waals surface area contributed by atoms with Gasteiger partial charge >= 0.3 is 6.18 Å². The van der Waals surface area contributed by atoms with Crippen LogP contribution in [0.25, 0.3) is 10.2 Å². The zero-order valence-electron chi connectivity index (χ0n) is 17.1. The molecule has 3 aromatic heterocycles. The second-order valence-electron chi connectivity index (χ2n) is 8.70. The summed E-state index contributed by atoms with van der Waals surface area (Å²) in [5.74, 6) is 0.743. The molecule has 31 heavy (non-hydrogen) atoms. The number of nitrogens with zero attached hydrogens (tertiary/aromatic N) is 6. The molecule has 3 aromatic rings. The number of alkyl halides is 3. The van der Waals surface area contributed by atoms with Gasteiger partial charge in [-0.2, -0.15) is 18.3 Å². The number of hydrogen-bond acceptors (Lipinski definition) is 7. The Balaban J connectivity index is 1.31. The largest absolute Gasteiger partial charge is 0.393 e. The van der Waals surface area contributed by atoms with E-state index in [0.29, 0.717) is 11.4 Å². The third-order valence-electron chi connectivity index (χ3n) is 6.32. The smallest absolute Gasteiger partial charge is 0.355 e. The summed E-state index contributed by atoms with van der Waals surface area (Å²) in [6.07, 6.45) is 1.21. The highest BCUT2D eigenvalue weighted by Crippen LogP contribution is 2.45. The fraction of sp³-hybridized carbons (Fsp3) is 0.550. The van der Waals surface area contributed by atoms with E-state index in [4.69, 9.17) is 5.73 Å².